The van der Waals surface area contributed by atoms with Gasteiger partial charge in [-0.15, -0.1) is 0 Å². The van der Waals surface area contributed by atoms with E-state index in [9.17, 15) is 9.59 Å². The first-order valence-electron chi connectivity index (χ1n) is 9.29. The average molecular weight is 371 g/mol. The second kappa shape index (κ2) is 8.37. The molecule has 0 N–H and O–H groups in total. The third-order valence-electron chi connectivity index (χ3n) is 4.83. The molecule has 6 nitrogen and oxygen atoms in total. The minimum atomic E-state index is -0.555. The van der Waals surface area contributed by atoms with Gasteiger partial charge in [-0.1, -0.05) is 6.07 Å². The van der Waals surface area contributed by atoms with Gasteiger partial charge in [0.1, 0.15) is 5.57 Å². The maximum atomic E-state index is 12.6. The Morgan fingerprint density at radius 2 is 1.89 bits per heavy atom. The number of carbonyl (C=O) groups is 2. The molecular formula is C21H25NO5. The van der Waals surface area contributed by atoms with Crippen molar-refractivity contribution in [3.63, 3.8) is 0 Å². The van der Waals surface area contributed by atoms with Crippen LogP contribution < -0.4 is 9.47 Å². The van der Waals surface area contributed by atoms with E-state index in [4.69, 9.17) is 19.2 Å². The quantitative estimate of drug-likeness (QED) is 0.566. The topological polar surface area (TPSA) is 74.2 Å². The summed E-state index contributed by atoms with van der Waals surface area (Å²) in [5.74, 6) is 0.851. The Balaban J connectivity index is 1.97. The van der Waals surface area contributed by atoms with Crippen LogP contribution in [0.4, 0.5) is 0 Å². The minimum absolute atomic E-state index is 0.119. The Morgan fingerprint density at radius 1 is 1.15 bits per heavy atom. The summed E-state index contributed by atoms with van der Waals surface area (Å²) in [6, 6.07) is 5.53. The summed E-state index contributed by atoms with van der Waals surface area (Å²) in [7, 11) is 3.19. The molecule has 1 aromatic carbocycles. The Morgan fingerprint density at radius 3 is 2.52 bits per heavy atom. The van der Waals surface area contributed by atoms with Crippen molar-refractivity contribution < 1.29 is 23.8 Å². The third kappa shape index (κ3) is 4.38. The van der Waals surface area contributed by atoms with Gasteiger partial charge in [-0.05, 0) is 50.0 Å². The van der Waals surface area contributed by atoms with Crippen LogP contribution >= 0.6 is 0 Å². The van der Waals surface area contributed by atoms with E-state index in [1.807, 2.05) is 18.2 Å². The van der Waals surface area contributed by atoms with Crippen LogP contribution in [0.25, 0.3) is 0 Å². The molecule has 2 aliphatic rings. The number of Topliss-reactive ketones (excluding diaryl/α,β-unsaturated/α-hetero) is 1. The Kier molecular flexibility index (Phi) is 5.94. The molecule has 0 spiro atoms. The highest BCUT2D eigenvalue weighted by molar-refractivity contribution is 6.21. The summed E-state index contributed by atoms with van der Waals surface area (Å²) >= 11 is 0. The van der Waals surface area contributed by atoms with Crippen molar-refractivity contribution >= 4 is 17.5 Å². The highest BCUT2D eigenvalue weighted by Crippen LogP contribution is 2.37. The lowest BCUT2D eigenvalue weighted by Crippen LogP contribution is -2.20. The van der Waals surface area contributed by atoms with Gasteiger partial charge < -0.3 is 14.2 Å². The monoisotopic (exact) mass is 371 g/mol. The zero-order valence-corrected chi connectivity index (χ0v) is 16.0. The third-order valence-corrected chi connectivity index (χ3v) is 4.83. The molecule has 0 radical (unpaired) electrons. The van der Waals surface area contributed by atoms with Crippen LogP contribution in [-0.2, 0) is 14.3 Å². The van der Waals surface area contributed by atoms with Gasteiger partial charge in [0.15, 0.2) is 17.3 Å². The maximum absolute atomic E-state index is 12.6. The Hall–Kier alpha value is -2.63. The SMILES string of the molecule is CCOC(=O)/C1=C/C(C2CC2)=N\C(c2ccc(OC)c(OC)c2)CCC1=O. The van der Waals surface area contributed by atoms with E-state index in [0.717, 1.165) is 24.1 Å². The van der Waals surface area contributed by atoms with Crippen LogP contribution in [0.1, 0.15) is 44.2 Å². The predicted octanol–water partition coefficient (Wildman–Crippen LogP) is 3.45. The Bertz CT molecular complexity index is 792. The molecule has 1 aliphatic heterocycles. The summed E-state index contributed by atoms with van der Waals surface area (Å²) in [6.45, 7) is 1.97. The standard InChI is InChI=1S/C21H25NO5/c1-4-27-21(24)15-12-17(13-5-6-13)22-16(8-9-18(15)23)14-7-10-19(25-2)20(11-14)26-3/h7,10-13,16H,4-6,8-9H2,1-3H3/b15-12+,22-17+. The highest BCUT2D eigenvalue weighted by atomic mass is 16.5. The molecule has 1 saturated carbocycles. The van der Waals surface area contributed by atoms with Crippen LogP contribution in [0, 0.1) is 5.92 Å². The lowest BCUT2D eigenvalue weighted by molar-refractivity contribution is -0.140. The van der Waals surface area contributed by atoms with Gasteiger partial charge in [0.2, 0.25) is 0 Å². The number of esters is 1. The van der Waals surface area contributed by atoms with Crippen LogP contribution in [-0.4, -0.2) is 38.3 Å². The first kappa shape index (κ1) is 19.1. The zero-order chi connectivity index (χ0) is 19.4. The van der Waals surface area contributed by atoms with Gasteiger partial charge in [0, 0.05) is 18.1 Å². The number of hydrogen-bond donors (Lipinski definition) is 0. The van der Waals surface area contributed by atoms with Gasteiger partial charge >= 0.3 is 5.97 Å². The number of carbonyl (C=O) groups excluding carboxylic acids is 2. The van der Waals surface area contributed by atoms with Crippen molar-refractivity contribution in [2.75, 3.05) is 20.8 Å². The fraction of sp³-hybridized carbons (Fsp3) is 0.476. The van der Waals surface area contributed by atoms with E-state index in [-0.39, 0.29) is 30.4 Å². The number of benzene rings is 1. The molecule has 1 fully saturated rings. The predicted molar refractivity (Wildman–Crippen MR) is 101 cm³/mol. The Labute approximate surface area is 159 Å². The number of allylic oxidation sites excluding steroid dienone is 1. The summed E-state index contributed by atoms with van der Waals surface area (Å²) in [6.07, 6.45) is 4.47. The van der Waals surface area contributed by atoms with E-state index in [1.54, 1.807) is 27.2 Å². The van der Waals surface area contributed by atoms with Crippen molar-refractivity contribution in [1.82, 2.24) is 0 Å². The number of ketones is 1. The van der Waals surface area contributed by atoms with Crippen LogP contribution in [0.2, 0.25) is 0 Å². The van der Waals surface area contributed by atoms with Gasteiger partial charge in [-0.25, -0.2) is 4.79 Å². The molecule has 3 rings (SSSR count). The summed E-state index contributed by atoms with van der Waals surface area (Å²) in [5.41, 5.74) is 1.89. The molecule has 1 aromatic rings. The molecule has 0 aromatic heterocycles. The van der Waals surface area contributed by atoms with Crippen molar-refractivity contribution in [2.24, 2.45) is 10.9 Å². The summed E-state index contributed by atoms with van der Waals surface area (Å²) < 4.78 is 15.7. The fourth-order valence-electron chi connectivity index (χ4n) is 3.20. The fourth-order valence-corrected chi connectivity index (χ4v) is 3.20. The molecule has 1 atom stereocenters. The van der Waals surface area contributed by atoms with Gasteiger partial charge in [-0.3, -0.25) is 9.79 Å². The number of ether oxygens (including phenoxy) is 3. The van der Waals surface area contributed by atoms with Crippen molar-refractivity contribution in [3.8, 4) is 11.5 Å². The summed E-state index contributed by atoms with van der Waals surface area (Å²) in [4.78, 5) is 29.7. The van der Waals surface area contributed by atoms with E-state index >= 15 is 0 Å². The van der Waals surface area contributed by atoms with Crippen molar-refractivity contribution in [1.29, 1.82) is 0 Å². The average Bonchev–Trinajstić information content (AvgIpc) is 3.50. The molecule has 1 aliphatic carbocycles. The van der Waals surface area contributed by atoms with Crippen LogP contribution in [0.15, 0.2) is 34.8 Å². The lowest BCUT2D eigenvalue weighted by Gasteiger charge is -2.19. The second-order valence-electron chi connectivity index (χ2n) is 6.70. The van der Waals surface area contributed by atoms with E-state index in [0.29, 0.717) is 23.8 Å². The molecule has 144 valence electrons. The number of hydrogen-bond acceptors (Lipinski definition) is 6. The first-order valence-corrected chi connectivity index (χ1v) is 9.29. The smallest absolute Gasteiger partial charge is 0.341 e. The maximum Gasteiger partial charge on any atom is 0.341 e. The largest absolute Gasteiger partial charge is 0.493 e. The van der Waals surface area contributed by atoms with E-state index in [2.05, 4.69) is 0 Å². The lowest BCUT2D eigenvalue weighted by atomic mass is 9.95. The van der Waals surface area contributed by atoms with Gasteiger partial charge in [0.05, 0.1) is 26.9 Å². The number of rotatable bonds is 6. The molecule has 0 amide bonds. The first-order chi connectivity index (χ1) is 13.1. The normalized spacial score (nSPS) is 24.0. The molecule has 1 unspecified atom stereocenters. The minimum Gasteiger partial charge on any atom is -0.493 e. The molecule has 0 saturated heterocycles. The molecule has 6 heteroatoms. The summed E-state index contributed by atoms with van der Waals surface area (Å²) in [5, 5.41) is 0. The van der Waals surface area contributed by atoms with Crippen LogP contribution in [0.5, 0.6) is 11.5 Å². The number of nitrogens with zero attached hydrogens (tertiary/aromatic N) is 1. The zero-order valence-electron chi connectivity index (χ0n) is 16.0. The number of methoxy groups -OCH3 is 2. The van der Waals surface area contributed by atoms with E-state index < -0.39 is 5.97 Å². The number of aliphatic imine (C=N–C) groups is 1. The van der Waals surface area contributed by atoms with Crippen molar-refractivity contribution in [2.45, 2.75) is 38.6 Å². The highest BCUT2D eigenvalue weighted by Gasteiger charge is 2.32. The molecular weight excluding hydrogens is 346 g/mol. The van der Waals surface area contributed by atoms with Crippen molar-refractivity contribution in [3.05, 3.63) is 35.4 Å². The van der Waals surface area contributed by atoms with Gasteiger partial charge in [-0.2, -0.15) is 0 Å². The molecule has 1 heterocycles. The van der Waals surface area contributed by atoms with Crippen LogP contribution in [0.3, 0.4) is 0 Å². The second-order valence-corrected chi connectivity index (χ2v) is 6.70. The molecule has 0 bridgehead atoms. The molecule has 27 heavy (non-hydrogen) atoms. The van der Waals surface area contributed by atoms with E-state index in [1.165, 1.54) is 0 Å². The van der Waals surface area contributed by atoms with Gasteiger partial charge in [0.25, 0.3) is 0 Å².